The normalized spacial score (nSPS) is 14.9. The van der Waals surface area contributed by atoms with E-state index in [1.165, 1.54) is 12.1 Å². The molecular formula is C22H26N2O5S. The van der Waals surface area contributed by atoms with Gasteiger partial charge in [-0.1, -0.05) is 30.3 Å². The molecule has 1 fully saturated rings. The number of hydrogen-bond donors (Lipinski definition) is 1. The van der Waals surface area contributed by atoms with E-state index in [0.717, 1.165) is 11.8 Å². The summed E-state index contributed by atoms with van der Waals surface area (Å²) >= 11 is 0. The Kier molecular flexibility index (Phi) is 6.77. The molecule has 0 radical (unpaired) electrons. The Balaban J connectivity index is 1.57. The number of ether oxygens (including phenoxy) is 1. The molecule has 0 spiro atoms. The first kappa shape index (κ1) is 21.8. The Morgan fingerprint density at radius 3 is 2.37 bits per heavy atom. The van der Waals surface area contributed by atoms with Crippen LogP contribution in [0.1, 0.15) is 28.8 Å². The highest BCUT2D eigenvalue weighted by Crippen LogP contribution is 2.20. The molecule has 0 saturated carbocycles. The Labute approximate surface area is 177 Å². The molecule has 7 nitrogen and oxygen atoms in total. The first-order valence-electron chi connectivity index (χ1n) is 9.79. The fourth-order valence-electron chi connectivity index (χ4n) is 3.64. The molecule has 8 heteroatoms. The minimum absolute atomic E-state index is 0.0201. The van der Waals surface area contributed by atoms with E-state index in [-0.39, 0.29) is 28.8 Å². The van der Waals surface area contributed by atoms with Gasteiger partial charge in [0, 0.05) is 31.0 Å². The van der Waals surface area contributed by atoms with Crippen molar-refractivity contribution in [1.29, 1.82) is 0 Å². The summed E-state index contributed by atoms with van der Waals surface area (Å²) in [5.41, 5.74) is 0.993. The van der Waals surface area contributed by atoms with Crippen LogP contribution in [0.25, 0.3) is 0 Å². The summed E-state index contributed by atoms with van der Waals surface area (Å²) in [5, 5.41) is 2.91. The van der Waals surface area contributed by atoms with Crippen LogP contribution in [0.2, 0.25) is 0 Å². The minimum Gasteiger partial charge on any atom is -0.496 e. The van der Waals surface area contributed by atoms with Gasteiger partial charge in [0.1, 0.15) is 5.75 Å². The lowest BCUT2D eigenvalue weighted by atomic mass is 10.0. The number of rotatable bonds is 6. The molecule has 0 unspecified atom stereocenters. The predicted octanol–water partition coefficient (Wildman–Crippen LogP) is 2.06. The lowest BCUT2D eigenvalue weighted by Crippen LogP contribution is -2.47. The molecule has 160 valence electrons. The van der Waals surface area contributed by atoms with Crippen molar-refractivity contribution >= 4 is 21.7 Å². The number of carbonyl (C=O) groups excluding carboxylic acids is 2. The lowest BCUT2D eigenvalue weighted by Gasteiger charge is -2.32. The summed E-state index contributed by atoms with van der Waals surface area (Å²) in [7, 11) is -1.92. The molecule has 2 aromatic rings. The van der Waals surface area contributed by atoms with Crippen molar-refractivity contribution in [1.82, 2.24) is 10.2 Å². The van der Waals surface area contributed by atoms with Gasteiger partial charge in [0.05, 0.1) is 24.0 Å². The molecule has 0 aromatic heterocycles. The quantitative estimate of drug-likeness (QED) is 0.757. The van der Waals surface area contributed by atoms with Gasteiger partial charge in [0.15, 0.2) is 9.84 Å². The van der Waals surface area contributed by atoms with Gasteiger partial charge in [-0.05, 0) is 31.0 Å². The summed E-state index contributed by atoms with van der Waals surface area (Å²) in [5.74, 6) is 0.305. The second-order valence-electron chi connectivity index (χ2n) is 7.39. The van der Waals surface area contributed by atoms with Crippen molar-refractivity contribution in [2.45, 2.75) is 30.2 Å². The van der Waals surface area contributed by atoms with Crippen LogP contribution in [0.5, 0.6) is 5.75 Å². The topological polar surface area (TPSA) is 92.8 Å². The van der Waals surface area contributed by atoms with E-state index in [0.29, 0.717) is 31.7 Å². The zero-order valence-electron chi connectivity index (χ0n) is 17.1. The highest BCUT2D eigenvalue weighted by Gasteiger charge is 2.26. The summed E-state index contributed by atoms with van der Waals surface area (Å²) in [6.45, 7) is 1.07. The van der Waals surface area contributed by atoms with E-state index in [2.05, 4.69) is 5.32 Å². The first-order valence-corrected chi connectivity index (χ1v) is 11.7. The maximum absolute atomic E-state index is 12.7. The second-order valence-corrected chi connectivity index (χ2v) is 9.37. The second kappa shape index (κ2) is 9.30. The van der Waals surface area contributed by atoms with E-state index in [9.17, 15) is 18.0 Å². The number of hydrogen-bond acceptors (Lipinski definition) is 5. The number of methoxy groups -OCH3 is 1. The third-order valence-corrected chi connectivity index (χ3v) is 6.40. The number of likely N-dealkylation sites (tertiary alicyclic amines) is 1. The number of nitrogens with one attached hydrogen (secondary N) is 1. The van der Waals surface area contributed by atoms with Crippen molar-refractivity contribution in [3.63, 3.8) is 0 Å². The lowest BCUT2D eigenvalue weighted by molar-refractivity contribution is -0.131. The van der Waals surface area contributed by atoms with Gasteiger partial charge >= 0.3 is 0 Å². The average molecular weight is 431 g/mol. The summed E-state index contributed by atoms with van der Waals surface area (Å²) in [4.78, 5) is 27.1. The van der Waals surface area contributed by atoms with Crippen molar-refractivity contribution < 1.29 is 22.7 Å². The van der Waals surface area contributed by atoms with Crippen LogP contribution in [-0.2, 0) is 21.1 Å². The molecule has 2 aromatic carbocycles. The maximum Gasteiger partial charge on any atom is 0.252 e. The van der Waals surface area contributed by atoms with E-state index in [1.54, 1.807) is 24.1 Å². The molecular weight excluding hydrogens is 404 g/mol. The van der Waals surface area contributed by atoms with E-state index >= 15 is 0 Å². The number of amides is 2. The maximum atomic E-state index is 12.7. The van der Waals surface area contributed by atoms with Gasteiger partial charge in [-0.2, -0.15) is 0 Å². The summed E-state index contributed by atoms with van der Waals surface area (Å²) < 4.78 is 29.2. The van der Waals surface area contributed by atoms with Gasteiger partial charge in [0.2, 0.25) is 5.91 Å². The van der Waals surface area contributed by atoms with Crippen LogP contribution < -0.4 is 10.1 Å². The van der Waals surface area contributed by atoms with E-state index in [1.807, 2.05) is 24.3 Å². The predicted molar refractivity (Wildman–Crippen MR) is 113 cm³/mol. The molecule has 1 heterocycles. The highest BCUT2D eigenvalue weighted by molar-refractivity contribution is 7.90. The summed E-state index contributed by atoms with van der Waals surface area (Å²) in [6, 6.07) is 13.5. The molecule has 1 saturated heterocycles. The number of sulfone groups is 1. The Morgan fingerprint density at radius 2 is 1.70 bits per heavy atom. The van der Waals surface area contributed by atoms with Gasteiger partial charge < -0.3 is 15.0 Å². The smallest absolute Gasteiger partial charge is 0.252 e. The van der Waals surface area contributed by atoms with E-state index in [4.69, 9.17) is 4.74 Å². The van der Waals surface area contributed by atoms with Crippen LogP contribution in [-0.4, -0.2) is 57.6 Å². The zero-order valence-corrected chi connectivity index (χ0v) is 17.9. The minimum atomic E-state index is -3.50. The van der Waals surface area contributed by atoms with Crippen LogP contribution in [0, 0.1) is 0 Å². The summed E-state index contributed by atoms with van der Waals surface area (Å²) in [6.07, 6.45) is 2.59. The highest BCUT2D eigenvalue weighted by atomic mass is 32.2. The number of carbonyl (C=O) groups is 2. The van der Waals surface area contributed by atoms with Crippen molar-refractivity contribution in [2.75, 3.05) is 26.5 Å². The number of benzene rings is 2. The fourth-order valence-corrected chi connectivity index (χ4v) is 4.52. The number of nitrogens with zero attached hydrogens (tertiary/aromatic N) is 1. The van der Waals surface area contributed by atoms with Crippen molar-refractivity contribution in [3.8, 4) is 5.75 Å². The Bertz CT molecular complexity index is 1030. The monoisotopic (exact) mass is 430 g/mol. The fraction of sp³-hybridized carbons (Fsp3) is 0.364. The Hall–Kier alpha value is -2.87. The van der Waals surface area contributed by atoms with Crippen LogP contribution in [0.3, 0.4) is 0 Å². The van der Waals surface area contributed by atoms with Crippen LogP contribution in [0.15, 0.2) is 53.4 Å². The third-order valence-electron chi connectivity index (χ3n) is 5.25. The molecule has 1 aliphatic heterocycles. The van der Waals surface area contributed by atoms with Gasteiger partial charge in [0.25, 0.3) is 5.91 Å². The largest absolute Gasteiger partial charge is 0.496 e. The van der Waals surface area contributed by atoms with Crippen molar-refractivity contribution in [2.24, 2.45) is 0 Å². The molecule has 0 bridgehead atoms. The number of para-hydroxylation sites is 1. The molecule has 1 aliphatic rings. The molecule has 0 aliphatic carbocycles. The zero-order chi connectivity index (χ0) is 21.7. The van der Waals surface area contributed by atoms with Crippen LogP contribution in [0.4, 0.5) is 0 Å². The molecule has 3 rings (SSSR count). The molecule has 1 N–H and O–H groups in total. The van der Waals surface area contributed by atoms with Crippen LogP contribution >= 0.6 is 0 Å². The first-order chi connectivity index (χ1) is 14.3. The molecule has 0 atom stereocenters. The number of piperidine rings is 1. The van der Waals surface area contributed by atoms with Gasteiger partial charge in [-0.15, -0.1) is 0 Å². The standard InChI is InChI=1S/C22H26N2O5S/c1-29-19-9-5-3-7-16(19)15-21(25)24-13-11-17(12-14-24)23-22(26)18-8-4-6-10-20(18)30(2,27)28/h3-10,17H,11-15H2,1-2H3,(H,23,26). The van der Waals surface area contributed by atoms with Gasteiger partial charge in [-0.25, -0.2) is 8.42 Å². The van der Waals surface area contributed by atoms with Crippen molar-refractivity contribution in [3.05, 3.63) is 59.7 Å². The SMILES string of the molecule is COc1ccccc1CC(=O)N1CCC(NC(=O)c2ccccc2S(C)(=O)=O)CC1. The molecule has 30 heavy (non-hydrogen) atoms. The Morgan fingerprint density at radius 1 is 1.07 bits per heavy atom. The van der Waals surface area contributed by atoms with Gasteiger partial charge in [-0.3, -0.25) is 9.59 Å². The third kappa shape index (κ3) is 5.18. The molecule has 2 amide bonds. The average Bonchev–Trinajstić information content (AvgIpc) is 2.74. The van der Waals surface area contributed by atoms with E-state index < -0.39 is 15.7 Å².